The molecule has 0 amide bonds. The minimum Gasteiger partial charge on any atom is -0.496 e. The molecule has 0 saturated carbocycles. The number of hydrogen-bond donors (Lipinski definition) is 0. The van der Waals surface area contributed by atoms with E-state index in [-0.39, 0.29) is 17.3 Å². The molecule has 4 rings (SSSR count). The van der Waals surface area contributed by atoms with Crippen LogP contribution in [-0.4, -0.2) is 31.6 Å². The highest BCUT2D eigenvalue weighted by molar-refractivity contribution is 6.12. The van der Waals surface area contributed by atoms with Gasteiger partial charge >= 0.3 is 11.9 Å². The van der Waals surface area contributed by atoms with Crippen LogP contribution in [0.2, 0.25) is 0 Å². The van der Waals surface area contributed by atoms with Gasteiger partial charge in [0, 0.05) is 5.56 Å². The number of carbonyl (C=O) groups excluding carboxylic acids is 2. The van der Waals surface area contributed by atoms with E-state index in [1.807, 2.05) is 38.1 Å². The average molecular weight is 457 g/mol. The molecular formula is C27H23NO6. The predicted octanol–water partition coefficient (Wildman–Crippen LogP) is 4.97. The van der Waals surface area contributed by atoms with Crippen molar-refractivity contribution in [2.24, 2.45) is 4.99 Å². The summed E-state index contributed by atoms with van der Waals surface area (Å²) >= 11 is 0. The zero-order chi connectivity index (χ0) is 24.1. The van der Waals surface area contributed by atoms with Gasteiger partial charge in [0.25, 0.3) is 0 Å². The van der Waals surface area contributed by atoms with E-state index in [2.05, 4.69) is 4.99 Å². The molecule has 1 aliphatic heterocycles. The standard InChI is InChI=1S/C27H23NO6/c1-4-32-24-16-18(12-13-23(24)33-26(29)20-10-5-6-11-22(20)31-3)15-21-27(30)34-25(28-21)19-9-7-8-17(2)14-19/h5-16H,4H2,1-3H3. The molecule has 0 saturated heterocycles. The van der Waals surface area contributed by atoms with Crippen LogP contribution in [0, 0.1) is 6.92 Å². The molecule has 3 aromatic carbocycles. The van der Waals surface area contributed by atoms with E-state index in [1.165, 1.54) is 7.11 Å². The molecular weight excluding hydrogens is 434 g/mol. The summed E-state index contributed by atoms with van der Waals surface area (Å²) in [6.07, 6.45) is 1.60. The second-order valence-corrected chi connectivity index (χ2v) is 7.43. The lowest BCUT2D eigenvalue weighted by Crippen LogP contribution is -2.11. The molecule has 0 aliphatic carbocycles. The summed E-state index contributed by atoms with van der Waals surface area (Å²) in [7, 11) is 1.49. The second-order valence-electron chi connectivity index (χ2n) is 7.43. The maximum absolute atomic E-state index is 12.7. The van der Waals surface area contributed by atoms with Crippen molar-refractivity contribution in [3.05, 3.63) is 94.7 Å². The summed E-state index contributed by atoms with van der Waals surface area (Å²) in [4.78, 5) is 29.4. The largest absolute Gasteiger partial charge is 0.496 e. The summed E-state index contributed by atoms with van der Waals surface area (Å²) in [5.74, 6) is 0.158. The molecule has 0 aromatic heterocycles. The Balaban J connectivity index is 1.60. The lowest BCUT2D eigenvalue weighted by Gasteiger charge is -2.12. The molecule has 7 nitrogen and oxygen atoms in total. The third-order valence-corrected chi connectivity index (χ3v) is 4.99. The highest BCUT2D eigenvalue weighted by Gasteiger charge is 2.24. The van der Waals surface area contributed by atoms with Crippen LogP contribution in [0.15, 0.2) is 77.4 Å². The van der Waals surface area contributed by atoms with Gasteiger partial charge in [0.15, 0.2) is 17.2 Å². The summed E-state index contributed by atoms with van der Waals surface area (Å²) in [5.41, 5.74) is 2.86. The van der Waals surface area contributed by atoms with Crippen molar-refractivity contribution in [3.63, 3.8) is 0 Å². The highest BCUT2D eigenvalue weighted by Crippen LogP contribution is 2.32. The Hall–Kier alpha value is -4.39. The molecule has 0 spiro atoms. The van der Waals surface area contributed by atoms with Crippen LogP contribution in [0.1, 0.15) is 34.0 Å². The second kappa shape index (κ2) is 10.0. The Morgan fingerprint density at radius 2 is 1.82 bits per heavy atom. The molecule has 1 heterocycles. The first-order chi connectivity index (χ1) is 16.5. The SMILES string of the molecule is CCOc1cc(C=C2N=C(c3cccc(C)c3)OC2=O)ccc1OC(=O)c1ccccc1OC. The van der Waals surface area contributed by atoms with Gasteiger partial charge in [-0.05, 0) is 61.9 Å². The minimum absolute atomic E-state index is 0.165. The molecule has 0 fully saturated rings. The monoisotopic (exact) mass is 457 g/mol. The first-order valence-electron chi connectivity index (χ1n) is 10.7. The van der Waals surface area contributed by atoms with E-state index in [0.29, 0.717) is 29.2 Å². The smallest absolute Gasteiger partial charge is 0.363 e. The molecule has 3 aromatic rings. The van der Waals surface area contributed by atoms with E-state index in [4.69, 9.17) is 18.9 Å². The van der Waals surface area contributed by atoms with Gasteiger partial charge in [0.2, 0.25) is 5.90 Å². The Morgan fingerprint density at radius 1 is 1.00 bits per heavy atom. The van der Waals surface area contributed by atoms with E-state index in [9.17, 15) is 9.59 Å². The summed E-state index contributed by atoms with van der Waals surface area (Å²) in [6.45, 7) is 4.13. The fourth-order valence-corrected chi connectivity index (χ4v) is 3.40. The number of esters is 2. The maximum atomic E-state index is 12.7. The van der Waals surface area contributed by atoms with Gasteiger partial charge in [-0.1, -0.05) is 35.9 Å². The number of ether oxygens (including phenoxy) is 4. The molecule has 1 aliphatic rings. The first kappa shape index (κ1) is 22.8. The normalized spacial score (nSPS) is 13.9. The quantitative estimate of drug-likeness (QED) is 0.283. The van der Waals surface area contributed by atoms with Crippen molar-refractivity contribution in [1.82, 2.24) is 0 Å². The van der Waals surface area contributed by atoms with Crippen molar-refractivity contribution < 1.29 is 28.5 Å². The number of nitrogens with zero attached hydrogens (tertiary/aromatic N) is 1. The number of para-hydroxylation sites is 1. The molecule has 172 valence electrons. The van der Waals surface area contributed by atoms with Gasteiger partial charge in [-0.15, -0.1) is 0 Å². The third-order valence-electron chi connectivity index (χ3n) is 4.99. The Kier molecular flexibility index (Phi) is 6.73. The van der Waals surface area contributed by atoms with E-state index in [1.54, 1.807) is 48.5 Å². The van der Waals surface area contributed by atoms with Crippen LogP contribution < -0.4 is 14.2 Å². The molecule has 0 unspecified atom stereocenters. The minimum atomic E-state index is -0.573. The number of hydrogen-bond acceptors (Lipinski definition) is 7. The maximum Gasteiger partial charge on any atom is 0.363 e. The predicted molar refractivity (Wildman–Crippen MR) is 127 cm³/mol. The number of carbonyl (C=O) groups is 2. The highest BCUT2D eigenvalue weighted by atomic mass is 16.6. The van der Waals surface area contributed by atoms with Crippen LogP contribution in [0.25, 0.3) is 6.08 Å². The number of aliphatic imine (C=N–C) groups is 1. The molecule has 34 heavy (non-hydrogen) atoms. The van der Waals surface area contributed by atoms with Crippen LogP contribution in [0.3, 0.4) is 0 Å². The number of benzene rings is 3. The number of aryl methyl sites for hydroxylation is 1. The number of rotatable bonds is 7. The van der Waals surface area contributed by atoms with Gasteiger partial charge < -0.3 is 18.9 Å². The summed E-state index contributed by atoms with van der Waals surface area (Å²) < 4.78 is 21.8. The van der Waals surface area contributed by atoms with Gasteiger partial charge in [0.1, 0.15) is 11.3 Å². The fourth-order valence-electron chi connectivity index (χ4n) is 3.40. The Bertz CT molecular complexity index is 1310. The third kappa shape index (κ3) is 4.99. The van der Waals surface area contributed by atoms with Crippen molar-refractivity contribution in [3.8, 4) is 17.2 Å². The number of cyclic esters (lactones) is 1. The van der Waals surface area contributed by atoms with Crippen molar-refractivity contribution in [1.29, 1.82) is 0 Å². The number of methoxy groups -OCH3 is 1. The molecule has 0 bridgehead atoms. The molecule has 0 atom stereocenters. The van der Waals surface area contributed by atoms with Crippen LogP contribution >= 0.6 is 0 Å². The van der Waals surface area contributed by atoms with Crippen LogP contribution in [-0.2, 0) is 9.53 Å². The van der Waals surface area contributed by atoms with Crippen LogP contribution in [0.4, 0.5) is 0 Å². The summed E-state index contributed by atoms with van der Waals surface area (Å²) in [6, 6.07) is 19.3. The Labute approximate surface area is 197 Å². The topological polar surface area (TPSA) is 83.4 Å². The van der Waals surface area contributed by atoms with E-state index < -0.39 is 11.9 Å². The molecule has 7 heteroatoms. The zero-order valence-corrected chi connectivity index (χ0v) is 19.0. The van der Waals surface area contributed by atoms with Gasteiger partial charge in [-0.25, -0.2) is 14.6 Å². The zero-order valence-electron chi connectivity index (χ0n) is 19.0. The van der Waals surface area contributed by atoms with E-state index >= 15 is 0 Å². The van der Waals surface area contributed by atoms with Gasteiger partial charge in [0.05, 0.1) is 13.7 Å². The van der Waals surface area contributed by atoms with E-state index in [0.717, 1.165) is 11.1 Å². The van der Waals surface area contributed by atoms with Crippen molar-refractivity contribution in [2.45, 2.75) is 13.8 Å². The van der Waals surface area contributed by atoms with Crippen LogP contribution in [0.5, 0.6) is 17.2 Å². The average Bonchev–Trinajstić information content (AvgIpc) is 3.21. The molecule has 0 N–H and O–H groups in total. The van der Waals surface area contributed by atoms with Crippen molar-refractivity contribution >= 4 is 23.9 Å². The van der Waals surface area contributed by atoms with Gasteiger partial charge in [-0.3, -0.25) is 0 Å². The van der Waals surface area contributed by atoms with Crippen molar-refractivity contribution in [2.75, 3.05) is 13.7 Å². The fraction of sp³-hybridized carbons (Fsp3) is 0.148. The Morgan fingerprint density at radius 3 is 2.59 bits per heavy atom. The van der Waals surface area contributed by atoms with Gasteiger partial charge in [-0.2, -0.15) is 0 Å². The lowest BCUT2D eigenvalue weighted by atomic mass is 10.1. The first-order valence-corrected chi connectivity index (χ1v) is 10.7. The lowest BCUT2D eigenvalue weighted by molar-refractivity contribution is -0.129. The summed E-state index contributed by atoms with van der Waals surface area (Å²) in [5, 5.41) is 0. The molecule has 0 radical (unpaired) electrons.